The molecule has 1 aromatic heterocycles. The lowest BCUT2D eigenvalue weighted by Gasteiger charge is -2.30. The maximum Gasteiger partial charge on any atom is 0.414 e. The molecule has 1 aliphatic heterocycles. The van der Waals surface area contributed by atoms with Crippen molar-refractivity contribution in [1.29, 1.82) is 0 Å². The van der Waals surface area contributed by atoms with Crippen LogP contribution in [0.4, 0.5) is 14.4 Å². The molecule has 272 valence electrons. The van der Waals surface area contributed by atoms with E-state index in [0.29, 0.717) is 25.8 Å². The van der Waals surface area contributed by atoms with E-state index in [1.165, 1.54) is 4.90 Å². The number of hydrogen-bond acceptors (Lipinski definition) is 9. The first-order valence-electron chi connectivity index (χ1n) is 16.6. The second kappa shape index (κ2) is 18.0. The first kappa shape index (κ1) is 39.2. The van der Waals surface area contributed by atoms with Crippen molar-refractivity contribution in [3.05, 3.63) is 66.0 Å². The smallest absolute Gasteiger partial charge is 0.414 e. The van der Waals surface area contributed by atoms with Gasteiger partial charge in [0.05, 0.1) is 6.04 Å². The third-order valence-electron chi connectivity index (χ3n) is 7.25. The number of hydrogen-bond donors (Lipinski definition) is 5. The number of ether oxygens (including phenoxy) is 2. The van der Waals surface area contributed by atoms with Crippen LogP contribution in [0.5, 0.6) is 0 Å². The molecule has 0 aliphatic carbocycles. The second-order valence-corrected chi connectivity index (χ2v) is 13.8. The van der Waals surface area contributed by atoms with Crippen molar-refractivity contribution < 1.29 is 38.6 Å². The highest BCUT2D eigenvalue weighted by atomic mass is 16.6. The van der Waals surface area contributed by atoms with Crippen LogP contribution in [0.3, 0.4) is 0 Å². The largest absolute Gasteiger partial charge is 0.465 e. The van der Waals surface area contributed by atoms with Crippen molar-refractivity contribution in [3.8, 4) is 0 Å². The van der Waals surface area contributed by atoms with E-state index in [2.05, 4.69) is 25.9 Å². The molecular weight excluding hydrogens is 646 g/mol. The van der Waals surface area contributed by atoms with Gasteiger partial charge in [-0.25, -0.2) is 14.4 Å². The number of amides is 5. The molecule has 1 saturated heterocycles. The van der Waals surface area contributed by atoms with Gasteiger partial charge in [-0.15, -0.1) is 0 Å². The van der Waals surface area contributed by atoms with E-state index in [0.717, 1.165) is 11.3 Å². The summed E-state index contributed by atoms with van der Waals surface area (Å²) in [7, 11) is 0. The lowest BCUT2D eigenvalue weighted by Crippen LogP contribution is -2.54. The number of aromatic nitrogens is 1. The number of carboxylic acid groups (broad SMARTS) is 1. The van der Waals surface area contributed by atoms with E-state index in [4.69, 9.17) is 9.47 Å². The van der Waals surface area contributed by atoms with Gasteiger partial charge in [-0.05, 0) is 84.9 Å². The number of alkyl carbamates (subject to hydrolysis) is 2. The normalized spacial score (nSPS) is 16.1. The van der Waals surface area contributed by atoms with Gasteiger partial charge in [-0.2, -0.15) is 0 Å². The second-order valence-electron chi connectivity index (χ2n) is 13.8. The minimum absolute atomic E-state index is 0.0264. The summed E-state index contributed by atoms with van der Waals surface area (Å²) in [5.41, 5.74) is 0.0345. The fraction of sp³-hybridized carbons (Fsp3) is 0.514. The standard InChI is InChI=1S/C35H49N7O8/c1-34(2,3)49-32(47)39-25(17-12-20-37-30(40-31(45)46)41-33(48)50-35(4,5)6)29(44)42-21-13-18-27(42)28(43)38-26(23-14-8-7-9-15-23)22-24-16-10-11-19-36-24/h7-11,14-16,19,25-27H,12-13,17-18,20-22H2,1-6H3,(H,38,43)(H,39,47)(H,45,46)(H2,37,40,41,48)/t25-,26-,27-/m0/s1. The highest BCUT2D eigenvalue weighted by Crippen LogP contribution is 2.23. The molecular formula is C35H49N7O8. The van der Waals surface area contributed by atoms with Crippen LogP contribution >= 0.6 is 0 Å². The molecule has 15 nitrogen and oxygen atoms in total. The number of guanidine groups is 1. The quantitative estimate of drug-likeness (QED) is 0.129. The summed E-state index contributed by atoms with van der Waals surface area (Å²) < 4.78 is 10.6. The van der Waals surface area contributed by atoms with Crippen molar-refractivity contribution in [1.82, 2.24) is 31.2 Å². The average Bonchev–Trinajstić information content (AvgIpc) is 3.51. The predicted octanol–water partition coefficient (Wildman–Crippen LogP) is 4.29. The molecule has 3 atom stereocenters. The third kappa shape index (κ3) is 13.7. The van der Waals surface area contributed by atoms with Gasteiger partial charge in [0.1, 0.15) is 23.3 Å². The first-order valence-corrected chi connectivity index (χ1v) is 16.6. The summed E-state index contributed by atoms with van der Waals surface area (Å²) >= 11 is 0. The summed E-state index contributed by atoms with van der Waals surface area (Å²) in [6.45, 7) is 10.3. The van der Waals surface area contributed by atoms with Gasteiger partial charge in [-0.3, -0.25) is 30.2 Å². The fourth-order valence-electron chi connectivity index (χ4n) is 5.24. The summed E-state index contributed by atoms with van der Waals surface area (Å²) in [5, 5.41) is 19.2. The Hall–Kier alpha value is -5.21. The summed E-state index contributed by atoms with van der Waals surface area (Å²) in [6, 6.07) is 12.9. The van der Waals surface area contributed by atoms with Crippen molar-refractivity contribution in [2.24, 2.45) is 4.99 Å². The number of carbonyl (C=O) groups is 5. The molecule has 0 bridgehead atoms. The SMILES string of the molecule is CC(C)(C)OC(=O)NC(=NCCC[C@H](NC(=O)OC(C)(C)C)C(=O)N1CCC[C@H]1C(=O)N[C@@H](Cc1ccccn1)c1ccccc1)NC(=O)O. The summed E-state index contributed by atoms with van der Waals surface area (Å²) in [4.78, 5) is 74.1. The number of likely N-dealkylation sites (tertiary alicyclic amines) is 1. The van der Waals surface area contributed by atoms with Gasteiger partial charge < -0.3 is 30.1 Å². The van der Waals surface area contributed by atoms with Crippen LogP contribution in [0.2, 0.25) is 0 Å². The van der Waals surface area contributed by atoms with Gasteiger partial charge in [0, 0.05) is 31.4 Å². The Balaban J connectivity index is 1.76. The zero-order valence-electron chi connectivity index (χ0n) is 29.5. The van der Waals surface area contributed by atoms with E-state index in [-0.39, 0.29) is 31.3 Å². The Morgan fingerprint density at radius 2 is 1.58 bits per heavy atom. The molecule has 5 N–H and O–H groups in total. The highest BCUT2D eigenvalue weighted by Gasteiger charge is 2.38. The van der Waals surface area contributed by atoms with Crippen molar-refractivity contribution in [2.75, 3.05) is 13.1 Å². The number of nitrogens with one attached hydrogen (secondary N) is 4. The molecule has 2 aromatic rings. The van der Waals surface area contributed by atoms with Gasteiger partial charge in [0.15, 0.2) is 0 Å². The lowest BCUT2D eigenvalue weighted by molar-refractivity contribution is -0.140. The molecule has 3 rings (SSSR count). The number of nitrogens with zero attached hydrogens (tertiary/aromatic N) is 3. The summed E-state index contributed by atoms with van der Waals surface area (Å²) in [6.07, 6.45) is 0.270. The fourth-order valence-corrected chi connectivity index (χ4v) is 5.24. The van der Waals surface area contributed by atoms with Crippen LogP contribution < -0.4 is 21.3 Å². The molecule has 15 heteroatoms. The van der Waals surface area contributed by atoms with E-state index in [1.807, 2.05) is 53.8 Å². The average molecular weight is 696 g/mol. The molecule has 0 saturated carbocycles. The van der Waals surface area contributed by atoms with Gasteiger partial charge in [-0.1, -0.05) is 36.4 Å². The number of pyridine rings is 1. The number of benzene rings is 1. The van der Waals surface area contributed by atoms with E-state index >= 15 is 0 Å². The number of carbonyl (C=O) groups excluding carboxylic acids is 4. The molecule has 1 aliphatic rings. The molecule has 1 aromatic carbocycles. The van der Waals surface area contributed by atoms with Gasteiger partial charge >= 0.3 is 18.3 Å². The van der Waals surface area contributed by atoms with Crippen LogP contribution in [0.25, 0.3) is 0 Å². The van der Waals surface area contributed by atoms with Crippen molar-refractivity contribution in [3.63, 3.8) is 0 Å². The minimum atomic E-state index is -1.45. The molecule has 0 radical (unpaired) electrons. The van der Waals surface area contributed by atoms with Crippen molar-refractivity contribution in [2.45, 2.75) is 103 Å². The Kier molecular flexibility index (Phi) is 14.1. The van der Waals surface area contributed by atoms with Gasteiger partial charge in [0.25, 0.3) is 0 Å². The maximum atomic E-state index is 14.0. The van der Waals surface area contributed by atoms with Crippen LogP contribution in [0.1, 0.15) is 84.5 Å². The predicted molar refractivity (Wildman–Crippen MR) is 185 cm³/mol. The monoisotopic (exact) mass is 695 g/mol. The summed E-state index contributed by atoms with van der Waals surface area (Å²) in [5.74, 6) is -1.14. The Bertz CT molecular complexity index is 1490. The van der Waals surface area contributed by atoms with E-state index in [1.54, 1.807) is 47.7 Å². The third-order valence-corrected chi connectivity index (χ3v) is 7.25. The van der Waals surface area contributed by atoms with Crippen LogP contribution in [0, 0.1) is 0 Å². The maximum absolute atomic E-state index is 14.0. The van der Waals surface area contributed by atoms with E-state index < -0.39 is 53.5 Å². The van der Waals surface area contributed by atoms with Crippen LogP contribution in [-0.4, -0.2) is 87.4 Å². The molecule has 0 unspecified atom stereocenters. The van der Waals surface area contributed by atoms with Crippen LogP contribution in [-0.2, 0) is 25.5 Å². The van der Waals surface area contributed by atoms with Crippen molar-refractivity contribution >= 4 is 36.1 Å². The molecule has 5 amide bonds. The zero-order chi connectivity index (χ0) is 36.9. The number of rotatable bonds is 11. The Morgan fingerprint density at radius 3 is 2.20 bits per heavy atom. The van der Waals surface area contributed by atoms with Gasteiger partial charge in [0.2, 0.25) is 17.8 Å². The molecule has 0 spiro atoms. The molecule has 1 fully saturated rings. The van der Waals surface area contributed by atoms with Crippen LogP contribution in [0.15, 0.2) is 59.7 Å². The highest BCUT2D eigenvalue weighted by molar-refractivity contribution is 6.00. The lowest BCUT2D eigenvalue weighted by atomic mass is 10.0. The number of aliphatic imine (C=N–C) groups is 1. The minimum Gasteiger partial charge on any atom is -0.465 e. The van der Waals surface area contributed by atoms with E-state index in [9.17, 15) is 29.1 Å². The topological polar surface area (TPSA) is 201 Å². The Morgan fingerprint density at radius 1 is 0.920 bits per heavy atom. The molecule has 2 heterocycles. The zero-order valence-corrected chi connectivity index (χ0v) is 29.5. The Labute approximate surface area is 292 Å². The first-order chi connectivity index (χ1) is 23.5. The molecule has 50 heavy (non-hydrogen) atoms.